The van der Waals surface area contributed by atoms with Gasteiger partial charge in [-0.05, 0) is 23.3 Å². The van der Waals surface area contributed by atoms with Gasteiger partial charge >= 0.3 is 0 Å². The van der Waals surface area contributed by atoms with Crippen molar-refractivity contribution in [1.82, 2.24) is 0 Å². The smallest absolute Gasteiger partial charge is 0.119 e. The summed E-state index contributed by atoms with van der Waals surface area (Å²) in [4.78, 5) is 0. The number of hydrogen-bond donors (Lipinski definition) is 0. The van der Waals surface area contributed by atoms with Gasteiger partial charge in [0.05, 0.1) is 7.11 Å². The van der Waals surface area contributed by atoms with Crippen LogP contribution in [0.1, 0.15) is 11.1 Å². The van der Waals surface area contributed by atoms with Crippen molar-refractivity contribution in [3.63, 3.8) is 0 Å². The fourth-order valence-corrected chi connectivity index (χ4v) is 1.50. The summed E-state index contributed by atoms with van der Waals surface area (Å²) in [6, 6.07) is 18.2. The van der Waals surface area contributed by atoms with Gasteiger partial charge in [0.25, 0.3) is 0 Å². The fourth-order valence-electron chi connectivity index (χ4n) is 1.50. The molecular weight excluding hydrogens is 196 g/mol. The molecule has 0 aliphatic carbocycles. The van der Waals surface area contributed by atoms with Crippen molar-refractivity contribution in [2.75, 3.05) is 7.11 Å². The van der Waals surface area contributed by atoms with E-state index in [1.807, 2.05) is 36.4 Å². The molecule has 80 valence electrons. The Labute approximate surface area is 96.0 Å². The summed E-state index contributed by atoms with van der Waals surface area (Å²) in [5.41, 5.74) is 2.34. The topological polar surface area (TPSA) is 9.23 Å². The molecule has 0 fully saturated rings. The molecule has 0 bridgehead atoms. The number of methoxy groups -OCH3 is 1. The maximum absolute atomic E-state index is 5.17. The molecular formula is C15H14O. The van der Waals surface area contributed by atoms with Crippen molar-refractivity contribution in [3.05, 3.63) is 65.7 Å². The first kappa shape index (κ1) is 10.5. The molecule has 0 aromatic heterocycles. The van der Waals surface area contributed by atoms with Gasteiger partial charge in [0.2, 0.25) is 0 Å². The average molecular weight is 210 g/mol. The summed E-state index contributed by atoms with van der Waals surface area (Å²) in [6.07, 6.45) is 4.17. The maximum atomic E-state index is 5.17. The van der Waals surface area contributed by atoms with Crippen LogP contribution in [0.4, 0.5) is 0 Å². The standard InChI is InChI=1S/C15H14O/c1-16-15-9-5-8-14(12-15)11-10-13-6-3-2-4-7-13/h2-12H,1H3/b11-10-. The lowest BCUT2D eigenvalue weighted by Crippen LogP contribution is -1.82. The number of ether oxygens (including phenoxy) is 1. The third-order valence-corrected chi connectivity index (χ3v) is 2.36. The van der Waals surface area contributed by atoms with Crippen molar-refractivity contribution in [2.24, 2.45) is 0 Å². The van der Waals surface area contributed by atoms with Crippen molar-refractivity contribution < 1.29 is 4.74 Å². The summed E-state index contributed by atoms with van der Waals surface area (Å²) in [7, 11) is 1.68. The highest BCUT2D eigenvalue weighted by Gasteiger charge is 1.91. The van der Waals surface area contributed by atoms with E-state index in [2.05, 4.69) is 30.4 Å². The zero-order valence-electron chi connectivity index (χ0n) is 9.26. The van der Waals surface area contributed by atoms with Gasteiger partial charge < -0.3 is 4.74 Å². The molecule has 0 saturated heterocycles. The lowest BCUT2D eigenvalue weighted by atomic mass is 10.1. The van der Waals surface area contributed by atoms with E-state index in [9.17, 15) is 0 Å². The summed E-state index contributed by atoms with van der Waals surface area (Å²) in [5, 5.41) is 0. The lowest BCUT2D eigenvalue weighted by Gasteiger charge is -1.99. The van der Waals surface area contributed by atoms with E-state index in [0.29, 0.717) is 0 Å². The van der Waals surface area contributed by atoms with Crippen LogP contribution >= 0.6 is 0 Å². The summed E-state index contributed by atoms with van der Waals surface area (Å²) in [5.74, 6) is 0.884. The zero-order chi connectivity index (χ0) is 11.2. The van der Waals surface area contributed by atoms with E-state index in [4.69, 9.17) is 4.74 Å². The van der Waals surface area contributed by atoms with Gasteiger partial charge in [0.15, 0.2) is 0 Å². The molecule has 0 heterocycles. The highest BCUT2D eigenvalue weighted by Crippen LogP contribution is 2.15. The molecule has 2 rings (SSSR count). The molecule has 0 unspecified atom stereocenters. The second kappa shape index (κ2) is 5.17. The van der Waals surface area contributed by atoms with Crippen LogP contribution in [0, 0.1) is 0 Å². The van der Waals surface area contributed by atoms with E-state index in [1.54, 1.807) is 7.11 Å². The van der Waals surface area contributed by atoms with Gasteiger partial charge in [0, 0.05) is 0 Å². The maximum Gasteiger partial charge on any atom is 0.119 e. The van der Waals surface area contributed by atoms with E-state index >= 15 is 0 Å². The van der Waals surface area contributed by atoms with E-state index in [0.717, 1.165) is 11.3 Å². The number of rotatable bonds is 3. The molecule has 16 heavy (non-hydrogen) atoms. The predicted molar refractivity (Wildman–Crippen MR) is 68.4 cm³/mol. The molecule has 0 amide bonds. The molecule has 2 aromatic carbocycles. The minimum atomic E-state index is 0.884. The van der Waals surface area contributed by atoms with Crippen molar-refractivity contribution in [2.45, 2.75) is 0 Å². The Kier molecular flexibility index (Phi) is 3.39. The van der Waals surface area contributed by atoms with Gasteiger partial charge in [-0.25, -0.2) is 0 Å². The van der Waals surface area contributed by atoms with Crippen molar-refractivity contribution >= 4 is 12.2 Å². The van der Waals surface area contributed by atoms with Crippen molar-refractivity contribution in [1.29, 1.82) is 0 Å². The highest BCUT2D eigenvalue weighted by atomic mass is 16.5. The normalized spacial score (nSPS) is 10.6. The summed E-state index contributed by atoms with van der Waals surface area (Å²) >= 11 is 0. The predicted octanol–water partition coefficient (Wildman–Crippen LogP) is 3.87. The Morgan fingerprint density at radius 1 is 0.812 bits per heavy atom. The van der Waals surface area contributed by atoms with Gasteiger partial charge in [-0.1, -0.05) is 54.6 Å². The van der Waals surface area contributed by atoms with Crippen LogP contribution in [-0.4, -0.2) is 7.11 Å². The molecule has 0 aliphatic rings. The molecule has 0 radical (unpaired) electrons. The van der Waals surface area contributed by atoms with E-state index < -0.39 is 0 Å². The molecule has 0 atom stereocenters. The monoisotopic (exact) mass is 210 g/mol. The van der Waals surface area contributed by atoms with Crippen LogP contribution < -0.4 is 4.74 Å². The van der Waals surface area contributed by atoms with Crippen molar-refractivity contribution in [3.8, 4) is 5.75 Å². The highest BCUT2D eigenvalue weighted by molar-refractivity contribution is 5.70. The second-order valence-electron chi connectivity index (χ2n) is 3.52. The van der Waals surface area contributed by atoms with Gasteiger partial charge in [-0.3, -0.25) is 0 Å². The van der Waals surface area contributed by atoms with Crippen LogP contribution in [0.3, 0.4) is 0 Å². The SMILES string of the molecule is COc1cccc(/C=C\c2ccccc2)c1. The Bertz CT molecular complexity index is 472. The van der Waals surface area contributed by atoms with E-state index in [1.165, 1.54) is 5.56 Å². The third-order valence-electron chi connectivity index (χ3n) is 2.36. The Hall–Kier alpha value is -2.02. The summed E-state index contributed by atoms with van der Waals surface area (Å²) < 4.78 is 5.17. The quantitative estimate of drug-likeness (QED) is 0.699. The average Bonchev–Trinajstić information content (AvgIpc) is 2.38. The minimum absolute atomic E-state index is 0.884. The van der Waals surface area contributed by atoms with Crippen LogP contribution in [0.5, 0.6) is 5.75 Å². The number of hydrogen-bond acceptors (Lipinski definition) is 1. The molecule has 2 aromatic rings. The first-order valence-electron chi connectivity index (χ1n) is 5.26. The molecule has 1 heteroatoms. The van der Waals surface area contributed by atoms with Gasteiger partial charge in [0.1, 0.15) is 5.75 Å². The Balaban J connectivity index is 2.17. The second-order valence-corrected chi connectivity index (χ2v) is 3.52. The molecule has 1 nitrogen and oxygen atoms in total. The Morgan fingerprint density at radius 2 is 1.50 bits per heavy atom. The largest absolute Gasteiger partial charge is 0.497 e. The first-order chi connectivity index (χ1) is 7.88. The van der Waals surface area contributed by atoms with Crippen LogP contribution in [0.15, 0.2) is 54.6 Å². The summed E-state index contributed by atoms with van der Waals surface area (Å²) in [6.45, 7) is 0. The number of benzene rings is 2. The fraction of sp³-hybridized carbons (Fsp3) is 0.0667. The Morgan fingerprint density at radius 3 is 2.25 bits per heavy atom. The third kappa shape index (κ3) is 2.74. The van der Waals surface area contributed by atoms with Crippen LogP contribution in [0.25, 0.3) is 12.2 Å². The van der Waals surface area contributed by atoms with Gasteiger partial charge in [-0.2, -0.15) is 0 Å². The lowest BCUT2D eigenvalue weighted by molar-refractivity contribution is 0.414. The van der Waals surface area contributed by atoms with Crippen LogP contribution in [0.2, 0.25) is 0 Å². The molecule has 0 aliphatic heterocycles. The zero-order valence-corrected chi connectivity index (χ0v) is 9.26. The molecule has 0 N–H and O–H groups in total. The van der Waals surface area contributed by atoms with Gasteiger partial charge in [-0.15, -0.1) is 0 Å². The van der Waals surface area contributed by atoms with E-state index in [-0.39, 0.29) is 0 Å². The minimum Gasteiger partial charge on any atom is -0.497 e. The van der Waals surface area contributed by atoms with Crippen LogP contribution in [-0.2, 0) is 0 Å². The first-order valence-corrected chi connectivity index (χ1v) is 5.26. The molecule has 0 spiro atoms. The molecule has 0 saturated carbocycles.